The summed E-state index contributed by atoms with van der Waals surface area (Å²) in [5, 5.41) is 62.8. The number of methoxy groups -OCH3 is 1. The summed E-state index contributed by atoms with van der Waals surface area (Å²) in [4.78, 5) is 21.3. The molecule has 0 aromatic carbocycles. The van der Waals surface area contributed by atoms with Gasteiger partial charge in [-0.2, -0.15) is 0 Å². The van der Waals surface area contributed by atoms with E-state index < -0.39 is 102 Å². The quantitative estimate of drug-likeness (QED) is 0.178. The number of esters is 1. The Balaban J connectivity index is 2.23. The summed E-state index contributed by atoms with van der Waals surface area (Å²) in [6, 6.07) is -0.306. The van der Waals surface area contributed by atoms with Crippen LogP contribution in [-0.4, -0.2) is 155 Å². The van der Waals surface area contributed by atoms with Crippen LogP contribution in [0.1, 0.15) is 94.9 Å². The van der Waals surface area contributed by atoms with Crippen molar-refractivity contribution >= 4 is 11.7 Å². The standard InChI is InChI=1S/C38H70N2O13/c1-15-26-38(10,46)31(42)21(4)28(39-48-14)19(2)17-36(8,45)33(53-35-29(41)25(40(11)12)16-20(3)49-35)22(5)30(23(6)34(44)51-26)52-27-18-37(9,47-13)32(43)24(7)50-27/h19-27,29-33,35,41-43,45-46H,15-18H2,1-14H3/b39-28+/t19-,20-,21+,22+,23+,24+,25+,26-,27+,29-,30+,31-,32+,33-,35+,36-,37-,38-/m1/s1. The van der Waals surface area contributed by atoms with Gasteiger partial charge in [-0.25, -0.2) is 0 Å². The van der Waals surface area contributed by atoms with Crippen LogP contribution in [0.2, 0.25) is 0 Å². The van der Waals surface area contributed by atoms with Gasteiger partial charge in [0.15, 0.2) is 12.6 Å². The van der Waals surface area contributed by atoms with Crippen molar-refractivity contribution in [2.75, 3.05) is 28.3 Å². The van der Waals surface area contributed by atoms with Gasteiger partial charge in [0.25, 0.3) is 0 Å². The number of hydrogen-bond donors (Lipinski definition) is 5. The third-order valence-corrected chi connectivity index (χ3v) is 12.1. The number of aliphatic hydroxyl groups excluding tert-OH is 3. The Morgan fingerprint density at radius 3 is 2.08 bits per heavy atom. The van der Waals surface area contributed by atoms with E-state index in [1.54, 1.807) is 48.5 Å². The first-order valence-corrected chi connectivity index (χ1v) is 19.1. The first kappa shape index (κ1) is 45.9. The first-order valence-electron chi connectivity index (χ1n) is 19.1. The molecule has 0 saturated carbocycles. The van der Waals surface area contributed by atoms with Crippen LogP contribution < -0.4 is 0 Å². The second-order valence-corrected chi connectivity index (χ2v) is 16.8. The summed E-state index contributed by atoms with van der Waals surface area (Å²) < 4.78 is 37.4. The number of nitrogens with zero attached hydrogens (tertiary/aromatic N) is 2. The fourth-order valence-electron chi connectivity index (χ4n) is 8.70. The maximum absolute atomic E-state index is 14.2. The molecule has 3 aliphatic heterocycles. The van der Waals surface area contributed by atoms with Crippen LogP contribution in [0.25, 0.3) is 0 Å². The molecular formula is C38H70N2O13. The van der Waals surface area contributed by atoms with Gasteiger partial charge in [-0.3, -0.25) is 4.79 Å². The Kier molecular flexibility index (Phi) is 15.7. The molecule has 3 fully saturated rings. The molecule has 0 amide bonds. The topological polar surface area (TPSA) is 198 Å². The number of aliphatic hydroxyl groups is 5. The second-order valence-electron chi connectivity index (χ2n) is 16.8. The zero-order valence-electron chi connectivity index (χ0n) is 34.4. The SMILES string of the molecule is CC[C@H]1OC(=O)[C@@H](C)[C@@H](O[C@H]2C[C@@](C)(OC)[C@@H](O)[C@H](C)O2)[C@H](C)[C@@H](O[C@@H]2O[C@H](C)C[C@H](N(C)C)[C@H]2O)[C@](C)(O)C[C@@H](C)/C(=N\OC)[C@H](C)[C@@H](O)[C@]1(C)O. The maximum atomic E-state index is 14.2. The summed E-state index contributed by atoms with van der Waals surface area (Å²) >= 11 is 0. The van der Waals surface area contributed by atoms with Crippen LogP contribution in [0.5, 0.6) is 0 Å². The van der Waals surface area contributed by atoms with E-state index >= 15 is 0 Å². The lowest BCUT2D eigenvalue weighted by Gasteiger charge is -2.49. The maximum Gasteiger partial charge on any atom is 0.311 e. The third kappa shape index (κ3) is 10.1. The van der Waals surface area contributed by atoms with Gasteiger partial charge in [0.05, 0.1) is 53.4 Å². The van der Waals surface area contributed by atoms with Gasteiger partial charge in [0, 0.05) is 37.3 Å². The summed E-state index contributed by atoms with van der Waals surface area (Å²) in [6.07, 6.45) is -9.08. The van der Waals surface area contributed by atoms with Crippen molar-refractivity contribution in [1.82, 2.24) is 4.90 Å². The number of carbonyl (C=O) groups is 1. The number of hydrogen-bond acceptors (Lipinski definition) is 15. The van der Waals surface area contributed by atoms with Gasteiger partial charge in [-0.1, -0.05) is 32.9 Å². The van der Waals surface area contributed by atoms with Crippen molar-refractivity contribution in [2.24, 2.45) is 28.8 Å². The normalized spacial score (nSPS) is 49.0. The van der Waals surface area contributed by atoms with E-state index in [0.29, 0.717) is 12.1 Å². The van der Waals surface area contributed by atoms with Gasteiger partial charge in [-0.05, 0) is 74.9 Å². The summed E-state index contributed by atoms with van der Waals surface area (Å²) in [7, 11) is 6.60. The van der Waals surface area contributed by atoms with Crippen molar-refractivity contribution in [3.8, 4) is 0 Å². The van der Waals surface area contributed by atoms with E-state index in [1.165, 1.54) is 21.1 Å². The largest absolute Gasteiger partial charge is 0.459 e. The van der Waals surface area contributed by atoms with E-state index in [0.717, 1.165) is 0 Å². The molecular weight excluding hydrogens is 692 g/mol. The Morgan fingerprint density at radius 1 is 0.906 bits per heavy atom. The third-order valence-electron chi connectivity index (χ3n) is 12.1. The Morgan fingerprint density at radius 2 is 1.53 bits per heavy atom. The number of ether oxygens (including phenoxy) is 6. The molecule has 18 atom stereocenters. The molecule has 0 radical (unpaired) electrons. The minimum absolute atomic E-state index is 0.0204. The zero-order valence-corrected chi connectivity index (χ0v) is 34.4. The highest BCUT2D eigenvalue weighted by Gasteiger charge is 2.53. The number of cyclic esters (lactones) is 1. The molecule has 0 unspecified atom stereocenters. The minimum Gasteiger partial charge on any atom is -0.459 e. The monoisotopic (exact) mass is 762 g/mol. The van der Waals surface area contributed by atoms with Crippen LogP contribution in [0.15, 0.2) is 5.16 Å². The van der Waals surface area contributed by atoms with Gasteiger partial charge in [0.2, 0.25) is 0 Å². The lowest BCUT2D eigenvalue weighted by molar-refractivity contribution is -0.317. The molecule has 3 aliphatic rings. The Labute approximate surface area is 316 Å². The van der Waals surface area contributed by atoms with Gasteiger partial charge >= 0.3 is 5.97 Å². The molecule has 3 saturated heterocycles. The molecule has 310 valence electrons. The number of oxime groups is 1. The highest BCUT2D eigenvalue weighted by Crippen LogP contribution is 2.41. The molecule has 3 heterocycles. The van der Waals surface area contributed by atoms with Crippen molar-refractivity contribution in [2.45, 2.75) is 179 Å². The van der Waals surface area contributed by atoms with E-state index in [1.807, 2.05) is 32.8 Å². The van der Waals surface area contributed by atoms with Crippen molar-refractivity contribution in [3.63, 3.8) is 0 Å². The molecule has 15 heteroatoms. The van der Waals surface area contributed by atoms with E-state index in [-0.39, 0.29) is 31.4 Å². The minimum atomic E-state index is -1.91. The molecule has 0 spiro atoms. The molecule has 0 aromatic rings. The Hall–Kier alpha value is -1.50. The fourth-order valence-corrected chi connectivity index (χ4v) is 8.70. The highest BCUT2D eigenvalue weighted by molar-refractivity contribution is 5.88. The molecule has 53 heavy (non-hydrogen) atoms. The number of carbonyl (C=O) groups excluding carboxylic acids is 1. The van der Waals surface area contributed by atoms with Crippen molar-refractivity contribution in [3.05, 3.63) is 0 Å². The average molecular weight is 763 g/mol. The van der Waals surface area contributed by atoms with Gasteiger partial charge < -0.3 is 63.7 Å². The molecule has 3 rings (SSSR count). The predicted molar refractivity (Wildman–Crippen MR) is 196 cm³/mol. The molecule has 5 N–H and O–H groups in total. The van der Waals surface area contributed by atoms with Crippen LogP contribution in [-0.2, 0) is 38.1 Å². The van der Waals surface area contributed by atoms with Crippen LogP contribution >= 0.6 is 0 Å². The Bertz CT molecular complexity index is 1220. The molecule has 0 aliphatic carbocycles. The van der Waals surface area contributed by atoms with Crippen LogP contribution in [0.4, 0.5) is 0 Å². The summed E-state index contributed by atoms with van der Waals surface area (Å²) in [5.41, 5.74) is -4.30. The lowest BCUT2D eigenvalue weighted by atomic mass is 9.73. The highest BCUT2D eigenvalue weighted by atomic mass is 16.7. The predicted octanol–water partition coefficient (Wildman–Crippen LogP) is 2.22. The van der Waals surface area contributed by atoms with Crippen molar-refractivity contribution < 1.29 is 63.6 Å². The first-order chi connectivity index (χ1) is 24.5. The molecule has 15 nitrogen and oxygen atoms in total. The number of rotatable bonds is 8. The second kappa shape index (κ2) is 18.2. The summed E-state index contributed by atoms with van der Waals surface area (Å²) in [6.45, 7) is 17.0. The molecule has 0 aromatic heterocycles. The van der Waals surface area contributed by atoms with E-state index in [4.69, 9.17) is 33.3 Å². The smallest absolute Gasteiger partial charge is 0.311 e. The average Bonchev–Trinajstić information content (AvgIpc) is 3.08. The van der Waals surface area contributed by atoms with E-state index in [9.17, 15) is 30.3 Å². The summed E-state index contributed by atoms with van der Waals surface area (Å²) in [5.74, 6) is -3.90. The van der Waals surface area contributed by atoms with Crippen molar-refractivity contribution in [1.29, 1.82) is 0 Å². The van der Waals surface area contributed by atoms with Crippen LogP contribution in [0.3, 0.4) is 0 Å². The van der Waals surface area contributed by atoms with E-state index in [2.05, 4.69) is 5.16 Å². The number of likely N-dealkylation sites (N-methyl/N-ethyl adjacent to an activating group) is 1. The van der Waals surface area contributed by atoms with Crippen LogP contribution in [0, 0.1) is 23.7 Å². The lowest BCUT2D eigenvalue weighted by Crippen LogP contribution is -2.61. The fraction of sp³-hybridized carbons (Fsp3) is 0.947. The van der Waals surface area contributed by atoms with Gasteiger partial charge in [0.1, 0.15) is 31.0 Å². The van der Waals surface area contributed by atoms with Gasteiger partial charge in [-0.15, -0.1) is 0 Å². The molecule has 0 bridgehead atoms. The zero-order chi connectivity index (χ0) is 40.4.